The zero-order valence-electron chi connectivity index (χ0n) is 2.79. The Bertz CT molecular complexity index is 28.7. The Hall–Kier alpha value is -0.135. The van der Waals surface area contributed by atoms with Crippen molar-refractivity contribution in [3.63, 3.8) is 0 Å². The molecule has 0 saturated heterocycles. The molecule has 0 rings (SSSR count). The Kier molecular flexibility index (Phi) is 3.00. The minimum absolute atomic E-state index is 0.817. The first-order chi connectivity index (χ1) is 2.77. The zero-order valence-corrected chi connectivity index (χ0v) is 2.79. The molecule has 0 atom stereocenters. The van der Waals surface area contributed by atoms with Gasteiger partial charge in [-0.15, -0.1) is 0 Å². The Morgan fingerprint density at radius 3 is 2.17 bits per heavy atom. The normalized spacial score (nSPS) is 8.50. The maximum absolute atomic E-state index is 8.95. The van der Waals surface area contributed by atoms with E-state index in [0.29, 0.717) is 0 Å². The highest BCUT2D eigenvalue weighted by Gasteiger charge is 2.02. The van der Waals surface area contributed by atoms with Gasteiger partial charge in [0.05, 0.1) is 0 Å². The SMILES string of the molecule is [O-]NOB(O)O. The summed E-state index contributed by atoms with van der Waals surface area (Å²) in [5.74, 6) is 0. The van der Waals surface area contributed by atoms with E-state index in [4.69, 9.17) is 15.3 Å². The van der Waals surface area contributed by atoms with Crippen LogP contribution in [0, 0.1) is 5.21 Å². The van der Waals surface area contributed by atoms with Gasteiger partial charge >= 0.3 is 7.32 Å². The third-order valence-corrected chi connectivity index (χ3v) is 0.154. The molecule has 0 aromatic rings. The van der Waals surface area contributed by atoms with Crippen LogP contribution in [0.5, 0.6) is 0 Å². The molecule has 0 aliphatic carbocycles. The molecule has 0 radical (unpaired) electrons. The number of hydrogen-bond acceptors (Lipinski definition) is 5. The first-order valence-corrected chi connectivity index (χ1v) is 1.16. The van der Waals surface area contributed by atoms with Crippen LogP contribution >= 0.6 is 0 Å². The van der Waals surface area contributed by atoms with Crippen LogP contribution in [0.2, 0.25) is 0 Å². The average Bonchev–Trinajstić information content (AvgIpc) is 1.35. The van der Waals surface area contributed by atoms with E-state index in [9.17, 15) is 0 Å². The van der Waals surface area contributed by atoms with Crippen LogP contribution in [-0.4, -0.2) is 17.4 Å². The Balaban J connectivity index is 2.63. The van der Waals surface area contributed by atoms with E-state index in [2.05, 4.69) is 4.76 Å². The van der Waals surface area contributed by atoms with Gasteiger partial charge in [-0.1, -0.05) is 0 Å². The lowest BCUT2D eigenvalue weighted by molar-refractivity contribution is 0.138. The van der Waals surface area contributed by atoms with E-state index in [1.54, 1.807) is 0 Å². The molecule has 0 amide bonds. The van der Waals surface area contributed by atoms with Crippen molar-refractivity contribution in [3.05, 3.63) is 5.21 Å². The quantitative estimate of drug-likeness (QED) is 0.270. The summed E-state index contributed by atoms with van der Waals surface area (Å²) < 4.78 is 3.35. The molecule has 0 unspecified atom stereocenters. The predicted octanol–water partition coefficient (Wildman–Crippen LogP) is -2.03. The molecule has 6 heavy (non-hydrogen) atoms. The summed E-state index contributed by atoms with van der Waals surface area (Å²) in [6.45, 7) is 0. The molecular weight excluding hydrogens is 88.8 g/mol. The second kappa shape index (κ2) is 3.07. The fraction of sp³-hybridized carbons (Fsp3) is 0. The number of nitrogens with one attached hydrogen (secondary N) is 1. The van der Waals surface area contributed by atoms with Crippen LogP contribution in [0.1, 0.15) is 0 Å². The second-order valence-corrected chi connectivity index (χ2v) is 0.527. The monoisotopic (exact) mass is 92.0 g/mol. The molecule has 0 aliphatic rings. The maximum atomic E-state index is 8.95. The molecule has 3 N–H and O–H groups in total. The van der Waals surface area contributed by atoms with E-state index in [0.717, 1.165) is 5.64 Å². The van der Waals surface area contributed by atoms with Gasteiger partial charge in [-0.2, -0.15) is 0 Å². The molecular formula is H3BNO4-. The van der Waals surface area contributed by atoms with Crippen molar-refractivity contribution in [1.82, 2.24) is 5.64 Å². The van der Waals surface area contributed by atoms with E-state index < -0.39 is 7.32 Å². The van der Waals surface area contributed by atoms with Crippen molar-refractivity contribution < 1.29 is 14.8 Å². The van der Waals surface area contributed by atoms with Gasteiger partial charge in [0.1, 0.15) is 0 Å². The fourth-order valence-electron chi connectivity index (χ4n) is 0.0430. The van der Waals surface area contributed by atoms with Gasteiger partial charge in [0.15, 0.2) is 0 Å². The molecule has 0 aliphatic heterocycles. The van der Waals surface area contributed by atoms with Gasteiger partial charge in [0, 0.05) is 0 Å². The zero-order chi connectivity index (χ0) is 4.99. The van der Waals surface area contributed by atoms with Gasteiger partial charge in [0.25, 0.3) is 0 Å². The lowest BCUT2D eigenvalue weighted by atomic mass is 10.3. The van der Waals surface area contributed by atoms with Crippen LogP contribution in [0.4, 0.5) is 0 Å². The fourth-order valence-corrected chi connectivity index (χ4v) is 0.0430. The highest BCUT2D eigenvalue weighted by molar-refractivity contribution is 6.32. The smallest absolute Gasteiger partial charge is 0.650 e. The summed E-state index contributed by atoms with van der Waals surface area (Å²) in [5.41, 5.74) is 0.817. The second-order valence-electron chi connectivity index (χ2n) is 0.527. The van der Waals surface area contributed by atoms with Crippen LogP contribution < -0.4 is 5.64 Å². The van der Waals surface area contributed by atoms with E-state index >= 15 is 0 Å². The maximum Gasteiger partial charge on any atom is 0.650 e. The van der Waals surface area contributed by atoms with Crippen molar-refractivity contribution in [2.75, 3.05) is 0 Å². The minimum Gasteiger partial charge on any atom is -0.766 e. The molecule has 36 valence electrons. The molecule has 0 fully saturated rings. The molecule has 5 nitrogen and oxygen atoms in total. The standard InChI is InChI=1S/BH3NO4/c3-1(4)6-2-5/h2-4H/q-1. The summed E-state index contributed by atoms with van der Waals surface area (Å²) in [6, 6.07) is 0. The van der Waals surface area contributed by atoms with E-state index in [1.807, 2.05) is 0 Å². The summed E-state index contributed by atoms with van der Waals surface area (Å²) in [6.07, 6.45) is 0. The van der Waals surface area contributed by atoms with Crippen molar-refractivity contribution in [2.45, 2.75) is 0 Å². The number of hydrogen-bond donors (Lipinski definition) is 3. The van der Waals surface area contributed by atoms with Crippen molar-refractivity contribution >= 4 is 7.32 Å². The van der Waals surface area contributed by atoms with E-state index in [-0.39, 0.29) is 0 Å². The minimum atomic E-state index is -2.03. The molecule has 0 spiro atoms. The van der Waals surface area contributed by atoms with Gasteiger partial charge in [-0.3, -0.25) is 5.64 Å². The number of rotatable bonds is 2. The van der Waals surface area contributed by atoms with Crippen molar-refractivity contribution in [1.29, 1.82) is 0 Å². The van der Waals surface area contributed by atoms with Gasteiger partial charge in [-0.25, -0.2) is 0 Å². The van der Waals surface area contributed by atoms with Crippen LogP contribution in [0.15, 0.2) is 0 Å². The Morgan fingerprint density at radius 2 is 2.17 bits per heavy atom. The Morgan fingerprint density at radius 1 is 1.67 bits per heavy atom. The van der Waals surface area contributed by atoms with Gasteiger partial charge in [0.2, 0.25) is 0 Å². The summed E-state index contributed by atoms with van der Waals surface area (Å²) in [5, 5.41) is 24.2. The lowest BCUT2D eigenvalue weighted by Gasteiger charge is -2.04. The van der Waals surface area contributed by atoms with E-state index in [1.165, 1.54) is 0 Å². The largest absolute Gasteiger partial charge is 0.766 e. The first-order valence-electron chi connectivity index (χ1n) is 1.16. The summed E-state index contributed by atoms with van der Waals surface area (Å²) in [4.78, 5) is 0. The van der Waals surface area contributed by atoms with Gasteiger partial charge < -0.3 is 20.0 Å². The van der Waals surface area contributed by atoms with Crippen molar-refractivity contribution in [3.8, 4) is 0 Å². The lowest BCUT2D eigenvalue weighted by Crippen LogP contribution is -2.23. The average molecular weight is 91.8 g/mol. The van der Waals surface area contributed by atoms with Gasteiger partial charge in [-0.05, 0) is 0 Å². The molecule has 0 aromatic carbocycles. The molecule has 6 heteroatoms. The van der Waals surface area contributed by atoms with Crippen molar-refractivity contribution in [2.24, 2.45) is 0 Å². The predicted molar refractivity (Wildman–Crippen MR) is 17.8 cm³/mol. The topological polar surface area (TPSA) is 84.8 Å². The first kappa shape index (κ1) is 5.86. The molecule has 0 aromatic heterocycles. The molecule has 0 bridgehead atoms. The molecule has 0 heterocycles. The van der Waals surface area contributed by atoms with Crippen LogP contribution in [0.3, 0.4) is 0 Å². The third-order valence-electron chi connectivity index (χ3n) is 0.154. The third kappa shape index (κ3) is 3.86. The Labute approximate surface area is 34.3 Å². The highest BCUT2D eigenvalue weighted by atomic mass is 16.9. The van der Waals surface area contributed by atoms with Crippen LogP contribution in [0.25, 0.3) is 0 Å². The molecule has 0 saturated carbocycles. The highest BCUT2D eigenvalue weighted by Crippen LogP contribution is 1.61. The van der Waals surface area contributed by atoms with Crippen LogP contribution in [-0.2, 0) is 4.76 Å². The summed E-state index contributed by atoms with van der Waals surface area (Å²) in [7, 11) is -2.03. The summed E-state index contributed by atoms with van der Waals surface area (Å²) >= 11 is 0.